The molecule has 1 aliphatic heterocycles. The third-order valence-electron chi connectivity index (χ3n) is 4.78. The van der Waals surface area contributed by atoms with Gasteiger partial charge in [-0.25, -0.2) is 12.7 Å². The average Bonchev–Trinajstić information content (AvgIpc) is 2.67. The fraction of sp³-hybridized carbons (Fsp3) is 0.350. The molecular weight excluding hydrogens is 348 g/mol. The van der Waals surface area contributed by atoms with E-state index in [2.05, 4.69) is 5.32 Å². The molecule has 0 radical (unpaired) electrons. The van der Waals surface area contributed by atoms with Gasteiger partial charge >= 0.3 is 0 Å². The standard InChI is InChI=1S/C20H24N2O3S/c1-26(24,25)22-14-8-13-18(15-22)20(23)21-19(16-9-4-2-5-10-16)17-11-6-3-7-12-17/h2-7,9-12,18-19H,8,13-15H2,1H3,(H,21,23)/t18-/m0/s1. The Bertz CT molecular complexity index is 798. The molecule has 3 rings (SSSR count). The highest BCUT2D eigenvalue weighted by atomic mass is 32.2. The van der Waals surface area contributed by atoms with E-state index in [-0.39, 0.29) is 24.4 Å². The number of amides is 1. The summed E-state index contributed by atoms with van der Waals surface area (Å²) in [6, 6.07) is 19.4. The largest absolute Gasteiger partial charge is 0.345 e. The zero-order valence-electron chi connectivity index (χ0n) is 14.8. The summed E-state index contributed by atoms with van der Waals surface area (Å²) in [6.07, 6.45) is 2.60. The number of hydrogen-bond acceptors (Lipinski definition) is 3. The summed E-state index contributed by atoms with van der Waals surface area (Å²) in [5.41, 5.74) is 2.01. The number of nitrogens with zero attached hydrogens (tertiary/aromatic N) is 1. The Kier molecular flexibility index (Phi) is 5.74. The Morgan fingerprint density at radius 1 is 1.04 bits per heavy atom. The lowest BCUT2D eigenvalue weighted by molar-refractivity contribution is -0.126. The van der Waals surface area contributed by atoms with Crippen molar-refractivity contribution < 1.29 is 13.2 Å². The summed E-state index contributed by atoms with van der Waals surface area (Å²) in [5.74, 6) is -0.426. The van der Waals surface area contributed by atoms with Gasteiger partial charge in [-0.3, -0.25) is 4.79 Å². The van der Waals surface area contributed by atoms with Crippen molar-refractivity contribution in [2.24, 2.45) is 5.92 Å². The van der Waals surface area contributed by atoms with E-state index in [0.29, 0.717) is 19.4 Å². The Morgan fingerprint density at radius 2 is 1.58 bits per heavy atom. The quantitative estimate of drug-likeness (QED) is 0.877. The van der Waals surface area contributed by atoms with Crippen molar-refractivity contribution in [2.75, 3.05) is 19.3 Å². The molecule has 0 aliphatic carbocycles. The number of sulfonamides is 1. The molecule has 1 amide bonds. The molecule has 1 saturated heterocycles. The SMILES string of the molecule is CS(=O)(=O)N1CCC[C@H](C(=O)NC(c2ccccc2)c2ccccc2)C1. The van der Waals surface area contributed by atoms with Gasteiger partial charge in [-0.2, -0.15) is 0 Å². The van der Waals surface area contributed by atoms with E-state index < -0.39 is 10.0 Å². The second kappa shape index (κ2) is 8.01. The molecular formula is C20H24N2O3S. The lowest BCUT2D eigenvalue weighted by Gasteiger charge is -2.31. The second-order valence-electron chi connectivity index (χ2n) is 6.72. The highest BCUT2D eigenvalue weighted by Crippen LogP contribution is 2.24. The number of carbonyl (C=O) groups is 1. The van der Waals surface area contributed by atoms with E-state index in [9.17, 15) is 13.2 Å². The van der Waals surface area contributed by atoms with Crippen LogP contribution in [0, 0.1) is 5.92 Å². The van der Waals surface area contributed by atoms with Crippen LogP contribution in [0.2, 0.25) is 0 Å². The fourth-order valence-electron chi connectivity index (χ4n) is 3.37. The van der Waals surface area contributed by atoms with Gasteiger partial charge in [0.05, 0.1) is 18.2 Å². The predicted octanol–water partition coefficient (Wildman–Crippen LogP) is 2.56. The summed E-state index contributed by atoms with van der Waals surface area (Å²) in [6.45, 7) is 0.740. The Labute approximate surface area is 155 Å². The van der Waals surface area contributed by atoms with Gasteiger partial charge in [0, 0.05) is 13.1 Å². The minimum absolute atomic E-state index is 0.101. The molecule has 1 aliphatic rings. The third-order valence-corrected chi connectivity index (χ3v) is 6.05. The highest BCUT2D eigenvalue weighted by molar-refractivity contribution is 7.88. The molecule has 0 aromatic heterocycles. The molecule has 2 aromatic rings. The van der Waals surface area contributed by atoms with E-state index in [4.69, 9.17) is 0 Å². The van der Waals surface area contributed by atoms with Gasteiger partial charge in [0.25, 0.3) is 0 Å². The van der Waals surface area contributed by atoms with E-state index >= 15 is 0 Å². The summed E-state index contributed by atoms with van der Waals surface area (Å²) in [7, 11) is -3.27. The van der Waals surface area contributed by atoms with Crippen molar-refractivity contribution in [1.29, 1.82) is 0 Å². The van der Waals surface area contributed by atoms with Gasteiger partial charge < -0.3 is 5.32 Å². The first-order valence-corrected chi connectivity index (χ1v) is 10.7. The molecule has 1 atom stereocenters. The van der Waals surface area contributed by atoms with Crippen molar-refractivity contribution in [1.82, 2.24) is 9.62 Å². The van der Waals surface area contributed by atoms with Crippen LogP contribution in [0.5, 0.6) is 0 Å². The van der Waals surface area contributed by atoms with Crippen molar-refractivity contribution in [3.05, 3.63) is 71.8 Å². The van der Waals surface area contributed by atoms with Crippen LogP contribution in [0.15, 0.2) is 60.7 Å². The smallest absolute Gasteiger partial charge is 0.225 e. The van der Waals surface area contributed by atoms with Crippen LogP contribution in [0.25, 0.3) is 0 Å². The maximum absolute atomic E-state index is 12.9. The predicted molar refractivity (Wildman–Crippen MR) is 102 cm³/mol. The molecule has 2 aromatic carbocycles. The molecule has 0 unspecified atom stereocenters. The first kappa shape index (κ1) is 18.6. The summed E-state index contributed by atoms with van der Waals surface area (Å²) in [5, 5.41) is 3.13. The lowest BCUT2D eigenvalue weighted by atomic mass is 9.95. The number of benzene rings is 2. The van der Waals surface area contributed by atoms with Crippen LogP contribution in [0.3, 0.4) is 0 Å². The summed E-state index contributed by atoms with van der Waals surface area (Å²) in [4.78, 5) is 12.9. The monoisotopic (exact) mass is 372 g/mol. The number of piperidine rings is 1. The average molecular weight is 372 g/mol. The summed E-state index contributed by atoms with van der Waals surface area (Å²) < 4.78 is 25.0. The topological polar surface area (TPSA) is 66.5 Å². The Morgan fingerprint density at radius 3 is 2.08 bits per heavy atom. The van der Waals surface area contributed by atoms with E-state index in [1.165, 1.54) is 10.6 Å². The van der Waals surface area contributed by atoms with Crippen LogP contribution < -0.4 is 5.32 Å². The van der Waals surface area contributed by atoms with Crippen LogP contribution in [-0.2, 0) is 14.8 Å². The molecule has 0 saturated carbocycles. The number of rotatable bonds is 5. The molecule has 138 valence electrons. The van der Waals surface area contributed by atoms with Crippen molar-refractivity contribution in [2.45, 2.75) is 18.9 Å². The van der Waals surface area contributed by atoms with Crippen LogP contribution in [0.4, 0.5) is 0 Å². The molecule has 0 spiro atoms. The number of nitrogens with one attached hydrogen (secondary N) is 1. The van der Waals surface area contributed by atoms with E-state index in [0.717, 1.165) is 11.1 Å². The zero-order chi connectivity index (χ0) is 18.6. The van der Waals surface area contributed by atoms with E-state index in [1.807, 2.05) is 60.7 Å². The van der Waals surface area contributed by atoms with Crippen LogP contribution in [0.1, 0.15) is 30.0 Å². The van der Waals surface area contributed by atoms with Crippen molar-refractivity contribution >= 4 is 15.9 Å². The number of hydrogen-bond donors (Lipinski definition) is 1. The van der Waals surface area contributed by atoms with Gasteiger partial charge in [0.1, 0.15) is 0 Å². The second-order valence-corrected chi connectivity index (χ2v) is 8.71. The lowest BCUT2D eigenvalue weighted by Crippen LogP contribution is -2.45. The van der Waals surface area contributed by atoms with Gasteiger partial charge in [-0.1, -0.05) is 60.7 Å². The normalized spacial score (nSPS) is 18.6. The van der Waals surface area contributed by atoms with Crippen molar-refractivity contribution in [3.63, 3.8) is 0 Å². The Balaban J connectivity index is 1.80. The molecule has 0 bridgehead atoms. The maximum atomic E-state index is 12.9. The van der Waals surface area contributed by atoms with Gasteiger partial charge in [0.2, 0.25) is 15.9 Å². The molecule has 6 heteroatoms. The van der Waals surface area contributed by atoms with Crippen LogP contribution in [-0.4, -0.2) is 38.0 Å². The van der Waals surface area contributed by atoms with Crippen molar-refractivity contribution in [3.8, 4) is 0 Å². The molecule has 5 nitrogen and oxygen atoms in total. The minimum atomic E-state index is -3.27. The first-order chi connectivity index (χ1) is 12.4. The highest BCUT2D eigenvalue weighted by Gasteiger charge is 2.31. The molecule has 1 heterocycles. The molecule has 1 N–H and O–H groups in total. The van der Waals surface area contributed by atoms with Crippen LogP contribution >= 0.6 is 0 Å². The minimum Gasteiger partial charge on any atom is -0.345 e. The van der Waals surface area contributed by atoms with Gasteiger partial charge in [-0.05, 0) is 24.0 Å². The maximum Gasteiger partial charge on any atom is 0.225 e. The van der Waals surface area contributed by atoms with E-state index in [1.54, 1.807) is 0 Å². The van der Waals surface area contributed by atoms with Gasteiger partial charge in [0.15, 0.2) is 0 Å². The molecule has 1 fully saturated rings. The zero-order valence-corrected chi connectivity index (χ0v) is 15.7. The Hall–Kier alpha value is -2.18. The van der Waals surface area contributed by atoms with Gasteiger partial charge in [-0.15, -0.1) is 0 Å². The molecule has 26 heavy (non-hydrogen) atoms. The first-order valence-electron chi connectivity index (χ1n) is 8.80. The fourth-order valence-corrected chi connectivity index (χ4v) is 4.28. The number of carbonyl (C=O) groups excluding carboxylic acids is 1. The summed E-state index contributed by atoms with van der Waals surface area (Å²) >= 11 is 0. The third kappa shape index (κ3) is 4.51.